The van der Waals surface area contributed by atoms with E-state index in [2.05, 4.69) is 0 Å². The van der Waals surface area contributed by atoms with Crippen molar-refractivity contribution < 1.29 is 72.0 Å². The van der Waals surface area contributed by atoms with Crippen LogP contribution < -0.4 is 0 Å². The Morgan fingerprint density at radius 3 is 1.23 bits per heavy atom. The monoisotopic (exact) mass is 622 g/mol. The van der Waals surface area contributed by atoms with E-state index in [1.165, 1.54) is 13.8 Å². The maximum Gasteiger partial charge on any atom is 0.509 e. The summed E-state index contributed by atoms with van der Waals surface area (Å²) < 4.78 is 45.8. The summed E-state index contributed by atoms with van der Waals surface area (Å²) in [6, 6.07) is 0. The molecule has 15 nitrogen and oxygen atoms in total. The van der Waals surface area contributed by atoms with Gasteiger partial charge < -0.3 is 52.8 Å². The SMILES string of the molecule is CC(COCC(C)OC(=O)OCC(C)OC(=O)OC1CCCCC1O)OC(=O)OCC(C)OC(=O)OC1CCCCC1O. The molecule has 2 aliphatic rings. The van der Waals surface area contributed by atoms with Gasteiger partial charge in [0, 0.05) is 0 Å². The summed E-state index contributed by atoms with van der Waals surface area (Å²) >= 11 is 0. The molecule has 2 rings (SSSR count). The number of ether oxygens (including phenoxy) is 9. The van der Waals surface area contributed by atoms with Gasteiger partial charge in [-0.05, 0) is 66.2 Å². The highest BCUT2D eigenvalue weighted by atomic mass is 16.8. The van der Waals surface area contributed by atoms with Crippen LogP contribution in [0.5, 0.6) is 0 Å². The van der Waals surface area contributed by atoms with Gasteiger partial charge in [-0.1, -0.05) is 12.8 Å². The Hall–Kier alpha value is -3.04. The number of aliphatic hydroxyl groups is 2. The molecule has 0 heterocycles. The summed E-state index contributed by atoms with van der Waals surface area (Å²) in [7, 11) is 0. The van der Waals surface area contributed by atoms with Crippen LogP contribution in [0.1, 0.15) is 79.1 Å². The molecule has 0 aliphatic heterocycles. The lowest BCUT2D eigenvalue weighted by molar-refractivity contribution is -0.0717. The summed E-state index contributed by atoms with van der Waals surface area (Å²) in [4.78, 5) is 47.6. The van der Waals surface area contributed by atoms with Gasteiger partial charge in [-0.25, -0.2) is 19.2 Å². The molecule has 248 valence electrons. The van der Waals surface area contributed by atoms with Crippen molar-refractivity contribution in [2.24, 2.45) is 0 Å². The predicted molar refractivity (Wildman–Crippen MR) is 145 cm³/mol. The first-order chi connectivity index (χ1) is 20.4. The van der Waals surface area contributed by atoms with E-state index in [-0.39, 0.29) is 26.4 Å². The number of carbonyl (C=O) groups excluding carboxylic acids is 4. The Morgan fingerprint density at radius 1 is 0.535 bits per heavy atom. The van der Waals surface area contributed by atoms with Crippen molar-refractivity contribution in [3.05, 3.63) is 0 Å². The normalized spacial score (nSPS) is 24.7. The third-order valence-electron chi connectivity index (χ3n) is 6.60. The molecule has 0 radical (unpaired) electrons. The Balaban J connectivity index is 1.51. The van der Waals surface area contributed by atoms with Crippen LogP contribution in [0.25, 0.3) is 0 Å². The third-order valence-corrected chi connectivity index (χ3v) is 6.60. The molecule has 15 heteroatoms. The highest BCUT2D eigenvalue weighted by molar-refractivity contribution is 5.62. The molecule has 43 heavy (non-hydrogen) atoms. The summed E-state index contributed by atoms with van der Waals surface area (Å²) in [5.41, 5.74) is 0. The Morgan fingerprint density at radius 2 is 0.860 bits per heavy atom. The fourth-order valence-corrected chi connectivity index (χ4v) is 4.36. The van der Waals surface area contributed by atoms with Crippen molar-refractivity contribution in [1.29, 1.82) is 0 Å². The molecule has 0 bridgehead atoms. The quantitative estimate of drug-likeness (QED) is 0.210. The number of hydrogen-bond donors (Lipinski definition) is 2. The Labute approximate surface area is 251 Å². The van der Waals surface area contributed by atoms with Crippen molar-refractivity contribution >= 4 is 24.6 Å². The second-order valence-corrected chi connectivity index (χ2v) is 10.9. The maximum atomic E-state index is 11.9. The molecule has 0 aromatic carbocycles. The van der Waals surface area contributed by atoms with Crippen LogP contribution in [0.3, 0.4) is 0 Å². The molecule has 2 fully saturated rings. The molecule has 2 N–H and O–H groups in total. The fraction of sp³-hybridized carbons (Fsp3) is 0.857. The van der Waals surface area contributed by atoms with E-state index in [9.17, 15) is 29.4 Å². The first-order valence-corrected chi connectivity index (χ1v) is 14.8. The van der Waals surface area contributed by atoms with Crippen LogP contribution in [-0.2, 0) is 42.6 Å². The molecule has 2 aliphatic carbocycles. The lowest BCUT2D eigenvalue weighted by Gasteiger charge is -2.27. The van der Waals surface area contributed by atoms with Gasteiger partial charge in [0.15, 0.2) is 0 Å². The fourth-order valence-electron chi connectivity index (χ4n) is 4.36. The number of rotatable bonds is 14. The molecular weight excluding hydrogens is 576 g/mol. The van der Waals surface area contributed by atoms with Gasteiger partial charge in [-0.2, -0.15) is 0 Å². The molecule has 2 saturated carbocycles. The minimum Gasteiger partial charge on any atom is -0.430 e. The van der Waals surface area contributed by atoms with E-state index in [1.54, 1.807) is 13.8 Å². The zero-order valence-electron chi connectivity index (χ0n) is 25.3. The van der Waals surface area contributed by atoms with E-state index < -0.39 is 73.5 Å². The van der Waals surface area contributed by atoms with Gasteiger partial charge >= 0.3 is 24.6 Å². The van der Waals surface area contributed by atoms with Crippen molar-refractivity contribution in [3.63, 3.8) is 0 Å². The molecule has 0 aromatic heterocycles. The minimum atomic E-state index is -0.995. The van der Waals surface area contributed by atoms with Crippen molar-refractivity contribution in [2.75, 3.05) is 26.4 Å². The summed E-state index contributed by atoms with van der Waals surface area (Å²) in [6.45, 7) is 5.56. The zero-order chi connectivity index (χ0) is 31.8. The number of carbonyl (C=O) groups is 4. The highest BCUT2D eigenvalue weighted by Crippen LogP contribution is 2.22. The first-order valence-electron chi connectivity index (χ1n) is 14.8. The predicted octanol–water partition coefficient (Wildman–Crippen LogP) is 3.78. The molecule has 0 spiro atoms. The lowest BCUT2D eigenvalue weighted by atomic mass is 9.95. The van der Waals surface area contributed by atoms with Crippen LogP contribution in [0.4, 0.5) is 19.2 Å². The van der Waals surface area contributed by atoms with Crippen molar-refractivity contribution in [2.45, 2.75) is 128 Å². The van der Waals surface area contributed by atoms with Gasteiger partial charge in [-0.3, -0.25) is 0 Å². The smallest absolute Gasteiger partial charge is 0.430 e. The molecule has 0 amide bonds. The molecule has 0 saturated heterocycles. The van der Waals surface area contributed by atoms with Crippen LogP contribution >= 0.6 is 0 Å². The summed E-state index contributed by atoms with van der Waals surface area (Å²) in [5.74, 6) is 0. The van der Waals surface area contributed by atoms with E-state index in [1.807, 2.05) is 0 Å². The maximum absolute atomic E-state index is 11.9. The van der Waals surface area contributed by atoms with Gasteiger partial charge in [0.2, 0.25) is 0 Å². The van der Waals surface area contributed by atoms with Crippen LogP contribution in [0.2, 0.25) is 0 Å². The standard InChI is InChI=1S/C28H46O15/c1-17(38-25(31)36-15-19(3)40-27(33)42-23-11-7-5-9-21(23)29)13-35-14-18(2)39-26(32)37-16-20(4)41-28(34)43-24-12-8-6-10-22(24)30/h17-24,29-30H,5-16H2,1-4H3. The largest absolute Gasteiger partial charge is 0.509 e. The highest BCUT2D eigenvalue weighted by Gasteiger charge is 2.29. The number of aliphatic hydroxyl groups excluding tert-OH is 2. The van der Waals surface area contributed by atoms with E-state index in [0.717, 1.165) is 25.7 Å². The zero-order valence-corrected chi connectivity index (χ0v) is 25.3. The van der Waals surface area contributed by atoms with Gasteiger partial charge in [0.1, 0.15) is 49.8 Å². The van der Waals surface area contributed by atoms with E-state index in [4.69, 9.17) is 42.6 Å². The molecule has 8 unspecified atom stereocenters. The summed E-state index contributed by atoms with van der Waals surface area (Å²) in [5, 5.41) is 19.7. The third kappa shape index (κ3) is 15.3. The van der Waals surface area contributed by atoms with Gasteiger partial charge in [0.05, 0.1) is 25.4 Å². The van der Waals surface area contributed by atoms with Gasteiger partial charge in [0.25, 0.3) is 0 Å². The molecule has 0 aromatic rings. The van der Waals surface area contributed by atoms with Crippen LogP contribution in [0, 0.1) is 0 Å². The first kappa shape index (κ1) is 36.2. The minimum absolute atomic E-state index is 0.0252. The second-order valence-electron chi connectivity index (χ2n) is 10.9. The topological polar surface area (TPSA) is 192 Å². The van der Waals surface area contributed by atoms with Crippen LogP contribution in [-0.4, -0.2) is 110 Å². The van der Waals surface area contributed by atoms with Crippen molar-refractivity contribution in [3.8, 4) is 0 Å². The van der Waals surface area contributed by atoms with E-state index >= 15 is 0 Å². The molecular formula is C28H46O15. The van der Waals surface area contributed by atoms with E-state index in [0.29, 0.717) is 25.7 Å². The Bertz CT molecular complexity index is 799. The number of hydrogen-bond acceptors (Lipinski definition) is 15. The Kier molecular flexibility index (Phi) is 16.2. The average molecular weight is 623 g/mol. The van der Waals surface area contributed by atoms with Gasteiger partial charge in [-0.15, -0.1) is 0 Å². The second kappa shape index (κ2) is 19.3. The van der Waals surface area contributed by atoms with Crippen molar-refractivity contribution in [1.82, 2.24) is 0 Å². The summed E-state index contributed by atoms with van der Waals surface area (Å²) in [6.07, 6.45) is -3.85. The van der Waals surface area contributed by atoms with Crippen LogP contribution in [0.15, 0.2) is 0 Å². The average Bonchev–Trinajstić information content (AvgIpc) is 2.93. The molecule has 8 atom stereocenters. The lowest BCUT2D eigenvalue weighted by Crippen LogP contribution is -2.35.